The highest BCUT2D eigenvalue weighted by Gasteiger charge is 2.32. The predicted octanol–water partition coefficient (Wildman–Crippen LogP) is 1.93. The maximum absolute atomic E-state index is 10.9. The summed E-state index contributed by atoms with van der Waals surface area (Å²) in [6.07, 6.45) is 10.9. The van der Waals surface area contributed by atoms with Gasteiger partial charge in [0.1, 0.15) is 12.0 Å². The molecule has 0 radical (unpaired) electrons. The van der Waals surface area contributed by atoms with Crippen molar-refractivity contribution in [3.63, 3.8) is 0 Å². The van der Waals surface area contributed by atoms with Crippen LogP contribution in [-0.4, -0.2) is 32.9 Å². The molecule has 2 unspecified atom stereocenters. The molecule has 8 nitrogen and oxygen atoms in total. The van der Waals surface area contributed by atoms with E-state index in [4.69, 9.17) is 5.11 Å². The van der Waals surface area contributed by atoms with Crippen LogP contribution in [0.2, 0.25) is 0 Å². The van der Waals surface area contributed by atoms with Crippen LogP contribution in [0.4, 0.5) is 11.8 Å². The number of hydrazone groups is 1. The molecule has 8 heteroatoms. The first-order valence-electron chi connectivity index (χ1n) is 8.47. The van der Waals surface area contributed by atoms with E-state index in [1.54, 1.807) is 18.3 Å². The lowest BCUT2D eigenvalue weighted by Gasteiger charge is -2.15. The number of nitrogens with one attached hydrogen (secondary N) is 3. The zero-order valence-corrected chi connectivity index (χ0v) is 13.6. The second kappa shape index (κ2) is 6.54. The van der Waals surface area contributed by atoms with Gasteiger partial charge in [-0.1, -0.05) is 12.2 Å². The van der Waals surface area contributed by atoms with Crippen molar-refractivity contribution in [3.05, 3.63) is 36.2 Å². The van der Waals surface area contributed by atoms with E-state index in [0.717, 1.165) is 12.1 Å². The number of carbonyl (C=O) groups is 1. The number of hydrogen-bond acceptors (Lipinski definition) is 7. The van der Waals surface area contributed by atoms with Gasteiger partial charge < -0.3 is 15.7 Å². The third-order valence-corrected chi connectivity index (χ3v) is 4.48. The summed E-state index contributed by atoms with van der Waals surface area (Å²) in [5.41, 5.74) is 5.16. The van der Waals surface area contributed by atoms with Gasteiger partial charge in [-0.2, -0.15) is 10.1 Å². The van der Waals surface area contributed by atoms with Gasteiger partial charge in [0.05, 0.1) is 5.92 Å². The van der Waals surface area contributed by atoms with Crippen molar-refractivity contribution in [1.29, 1.82) is 0 Å². The lowest BCUT2D eigenvalue weighted by atomic mass is 10.00. The number of carboxylic acids is 1. The standard InChI is InChI=1S/C17H20N6O2/c24-16(25)11-3-5-12(6-4-11)19-17-18-8-7-14(21-17)20-15-9-13(22-23-15)10-1-2-10/h3,5-8,10-11,15,23H,1-2,4,9H2,(H,24,25)(H2,18,19,20,21). The molecule has 3 aliphatic rings. The molecule has 1 fully saturated rings. The average Bonchev–Trinajstić information content (AvgIpc) is 3.36. The highest BCUT2D eigenvalue weighted by Crippen LogP contribution is 2.33. The molecule has 0 amide bonds. The van der Waals surface area contributed by atoms with Gasteiger partial charge in [-0.05, 0) is 37.3 Å². The van der Waals surface area contributed by atoms with Crippen LogP contribution >= 0.6 is 0 Å². The highest BCUT2D eigenvalue weighted by molar-refractivity contribution is 5.90. The van der Waals surface area contributed by atoms with E-state index in [9.17, 15) is 4.79 Å². The van der Waals surface area contributed by atoms with Gasteiger partial charge in [0.25, 0.3) is 0 Å². The molecule has 1 saturated carbocycles. The fourth-order valence-electron chi connectivity index (χ4n) is 2.92. The summed E-state index contributed by atoms with van der Waals surface area (Å²) in [5, 5.41) is 19.8. The van der Waals surface area contributed by atoms with Crippen molar-refractivity contribution < 1.29 is 9.90 Å². The molecule has 1 aromatic heterocycles. The fraction of sp³-hybridized carbons (Fsp3) is 0.412. The summed E-state index contributed by atoms with van der Waals surface area (Å²) < 4.78 is 0. The predicted molar refractivity (Wildman–Crippen MR) is 93.9 cm³/mol. The van der Waals surface area contributed by atoms with Gasteiger partial charge in [-0.15, -0.1) is 0 Å². The van der Waals surface area contributed by atoms with Crippen LogP contribution in [-0.2, 0) is 4.79 Å². The van der Waals surface area contributed by atoms with E-state index < -0.39 is 11.9 Å². The summed E-state index contributed by atoms with van der Waals surface area (Å²) >= 11 is 0. The van der Waals surface area contributed by atoms with Crippen molar-refractivity contribution in [2.45, 2.75) is 31.8 Å². The van der Waals surface area contributed by atoms with E-state index in [2.05, 4.69) is 31.1 Å². The lowest BCUT2D eigenvalue weighted by Crippen LogP contribution is -2.29. The number of carboxylic acid groups (broad SMARTS) is 1. The molecule has 4 N–H and O–H groups in total. The monoisotopic (exact) mass is 340 g/mol. The molecule has 2 heterocycles. The molecule has 2 aliphatic carbocycles. The normalized spacial score (nSPS) is 25.0. The molecule has 0 saturated heterocycles. The van der Waals surface area contributed by atoms with Crippen LogP contribution < -0.4 is 16.1 Å². The second-order valence-electron chi connectivity index (χ2n) is 6.50. The van der Waals surface area contributed by atoms with Crippen LogP contribution in [0.25, 0.3) is 0 Å². The van der Waals surface area contributed by atoms with E-state index >= 15 is 0 Å². The van der Waals surface area contributed by atoms with Gasteiger partial charge >= 0.3 is 5.97 Å². The van der Waals surface area contributed by atoms with Crippen molar-refractivity contribution in [3.8, 4) is 0 Å². The molecular formula is C17H20N6O2. The fourth-order valence-corrected chi connectivity index (χ4v) is 2.92. The quantitative estimate of drug-likeness (QED) is 0.626. The lowest BCUT2D eigenvalue weighted by molar-refractivity contribution is -0.139. The Balaban J connectivity index is 1.34. The molecule has 0 bridgehead atoms. The minimum atomic E-state index is -0.814. The van der Waals surface area contributed by atoms with Crippen LogP contribution in [0.5, 0.6) is 0 Å². The molecule has 0 aromatic carbocycles. The summed E-state index contributed by atoms with van der Waals surface area (Å²) in [4.78, 5) is 19.6. The van der Waals surface area contributed by atoms with Gasteiger partial charge in [0.2, 0.25) is 5.95 Å². The second-order valence-corrected chi connectivity index (χ2v) is 6.50. The van der Waals surface area contributed by atoms with Gasteiger partial charge in [0, 0.05) is 24.0 Å². The Morgan fingerprint density at radius 2 is 2.24 bits per heavy atom. The summed E-state index contributed by atoms with van der Waals surface area (Å²) in [6, 6.07) is 1.81. The van der Waals surface area contributed by atoms with E-state index in [-0.39, 0.29) is 6.17 Å². The Labute approximate surface area is 145 Å². The summed E-state index contributed by atoms with van der Waals surface area (Å²) in [7, 11) is 0. The number of anilines is 2. The average molecular weight is 340 g/mol. The Morgan fingerprint density at radius 1 is 1.36 bits per heavy atom. The van der Waals surface area contributed by atoms with Gasteiger partial charge in [0.15, 0.2) is 0 Å². The minimum absolute atomic E-state index is 0.0588. The highest BCUT2D eigenvalue weighted by atomic mass is 16.4. The Kier molecular flexibility index (Phi) is 4.09. The van der Waals surface area contributed by atoms with Crippen molar-refractivity contribution in [2.75, 3.05) is 10.6 Å². The van der Waals surface area contributed by atoms with E-state index in [0.29, 0.717) is 24.1 Å². The van der Waals surface area contributed by atoms with Crippen molar-refractivity contribution in [1.82, 2.24) is 15.4 Å². The summed E-state index contributed by atoms with van der Waals surface area (Å²) in [6.45, 7) is 0. The number of hydrogen-bond donors (Lipinski definition) is 4. The van der Waals surface area contributed by atoms with Crippen LogP contribution in [0.15, 0.2) is 41.3 Å². The van der Waals surface area contributed by atoms with Gasteiger partial charge in [-0.3, -0.25) is 10.2 Å². The van der Waals surface area contributed by atoms with E-state index in [1.807, 2.05) is 12.1 Å². The Bertz CT molecular complexity index is 768. The smallest absolute Gasteiger partial charge is 0.310 e. The number of rotatable bonds is 6. The molecule has 1 aliphatic heterocycles. The topological polar surface area (TPSA) is 112 Å². The first-order chi connectivity index (χ1) is 12.2. The van der Waals surface area contributed by atoms with E-state index in [1.165, 1.54) is 18.6 Å². The maximum Gasteiger partial charge on any atom is 0.310 e. The van der Waals surface area contributed by atoms with Crippen molar-refractivity contribution >= 4 is 23.4 Å². The van der Waals surface area contributed by atoms with Crippen molar-refractivity contribution in [2.24, 2.45) is 16.9 Å². The molecule has 2 atom stereocenters. The number of nitrogens with zero attached hydrogens (tertiary/aromatic N) is 3. The number of aromatic nitrogens is 2. The molecule has 0 spiro atoms. The minimum Gasteiger partial charge on any atom is -0.481 e. The SMILES string of the molecule is O=C(O)C1C=CC(Nc2nccc(NC3CC(C4CC4)=NN3)n2)=CC1. The summed E-state index contributed by atoms with van der Waals surface area (Å²) in [5.74, 6) is 0.572. The Hall–Kier alpha value is -2.90. The Morgan fingerprint density at radius 3 is 2.96 bits per heavy atom. The van der Waals surface area contributed by atoms with Crippen LogP contribution in [0.1, 0.15) is 25.7 Å². The number of allylic oxidation sites excluding steroid dienone is 2. The molecule has 4 rings (SSSR count). The van der Waals surface area contributed by atoms with Crippen LogP contribution in [0.3, 0.4) is 0 Å². The molecular weight excluding hydrogens is 320 g/mol. The van der Waals surface area contributed by atoms with Crippen LogP contribution in [0, 0.1) is 11.8 Å². The zero-order chi connectivity index (χ0) is 17.2. The largest absolute Gasteiger partial charge is 0.481 e. The first-order valence-corrected chi connectivity index (χ1v) is 8.47. The first kappa shape index (κ1) is 15.6. The zero-order valence-electron chi connectivity index (χ0n) is 13.6. The van der Waals surface area contributed by atoms with Gasteiger partial charge in [-0.25, -0.2) is 4.98 Å². The molecule has 1 aromatic rings. The maximum atomic E-state index is 10.9. The molecule has 25 heavy (non-hydrogen) atoms. The third-order valence-electron chi connectivity index (χ3n) is 4.48. The molecule has 130 valence electrons. The third kappa shape index (κ3) is 3.78. The number of aliphatic carboxylic acids is 1.